The summed E-state index contributed by atoms with van der Waals surface area (Å²) in [5.74, 6) is -0.736. The lowest BCUT2D eigenvalue weighted by molar-refractivity contribution is 0.191. The maximum absolute atomic E-state index is 13.1. The Kier molecular flexibility index (Phi) is 5.25. The largest absolute Gasteiger partial charge is 0.457 e. The van der Waals surface area contributed by atoms with Crippen molar-refractivity contribution in [3.63, 3.8) is 0 Å². The molecule has 2 N–H and O–H groups in total. The van der Waals surface area contributed by atoms with Crippen LogP contribution in [0.25, 0.3) is 0 Å². The number of nitrogens with one attached hydrogen (secondary N) is 1. The second-order valence-electron chi connectivity index (χ2n) is 4.83. The van der Waals surface area contributed by atoms with Gasteiger partial charge in [-0.25, -0.2) is 8.78 Å². The maximum Gasteiger partial charge on any atom is 0.133 e. The highest BCUT2D eigenvalue weighted by Crippen LogP contribution is 2.23. The SMILES string of the molecule is CC(O)CNCc1ccc(Oc2cc(F)cc(F)c2)cc1. The molecule has 2 aromatic rings. The van der Waals surface area contributed by atoms with Gasteiger partial charge < -0.3 is 15.2 Å². The Bertz CT molecular complexity index is 565. The first kappa shape index (κ1) is 15.4. The highest BCUT2D eigenvalue weighted by Gasteiger charge is 2.03. The Labute approximate surface area is 122 Å². The van der Waals surface area contributed by atoms with Crippen molar-refractivity contribution in [3.8, 4) is 11.5 Å². The van der Waals surface area contributed by atoms with E-state index in [-0.39, 0.29) is 5.75 Å². The molecule has 0 fully saturated rings. The van der Waals surface area contributed by atoms with Gasteiger partial charge in [0.05, 0.1) is 6.10 Å². The number of ether oxygens (including phenoxy) is 1. The number of benzene rings is 2. The van der Waals surface area contributed by atoms with E-state index in [4.69, 9.17) is 9.84 Å². The zero-order chi connectivity index (χ0) is 15.2. The lowest BCUT2D eigenvalue weighted by atomic mass is 10.2. The van der Waals surface area contributed by atoms with Gasteiger partial charge in [-0.05, 0) is 24.6 Å². The molecule has 21 heavy (non-hydrogen) atoms. The van der Waals surface area contributed by atoms with Crippen LogP contribution in [0.5, 0.6) is 11.5 Å². The van der Waals surface area contributed by atoms with Crippen molar-refractivity contribution in [1.29, 1.82) is 0 Å². The van der Waals surface area contributed by atoms with Crippen molar-refractivity contribution in [3.05, 3.63) is 59.7 Å². The Balaban J connectivity index is 1.95. The van der Waals surface area contributed by atoms with E-state index in [9.17, 15) is 8.78 Å². The molecule has 5 heteroatoms. The van der Waals surface area contributed by atoms with Gasteiger partial charge in [0.25, 0.3) is 0 Å². The minimum Gasteiger partial charge on any atom is -0.457 e. The zero-order valence-corrected chi connectivity index (χ0v) is 11.6. The van der Waals surface area contributed by atoms with E-state index in [1.807, 2.05) is 12.1 Å². The molecule has 0 aliphatic heterocycles. The zero-order valence-electron chi connectivity index (χ0n) is 11.6. The minimum absolute atomic E-state index is 0.118. The average molecular weight is 293 g/mol. The Morgan fingerprint density at radius 2 is 1.67 bits per heavy atom. The number of hydrogen-bond acceptors (Lipinski definition) is 3. The van der Waals surface area contributed by atoms with E-state index in [1.165, 1.54) is 0 Å². The normalized spacial score (nSPS) is 12.2. The summed E-state index contributed by atoms with van der Waals surface area (Å²) in [6.07, 6.45) is -0.393. The van der Waals surface area contributed by atoms with Gasteiger partial charge in [0.15, 0.2) is 0 Å². The van der Waals surface area contributed by atoms with Gasteiger partial charge >= 0.3 is 0 Å². The number of hydrogen-bond donors (Lipinski definition) is 2. The van der Waals surface area contributed by atoms with Crippen molar-refractivity contribution in [2.24, 2.45) is 0 Å². The molecular weight excluding hydrogens is 276 g/mol. The molecule has 0 bridgehead atoms. The van der Waals surface area contributed by atoms with Gasteiger partial charge in [-0.1, -0.05) is 12.1 Å². The van der Waals surface area contributed by atoms with Gasteiger partial charge in [-0.15, -0.1) is 0 Å². The monoisotopic (exact) mass is 293 g/mol. The third kappa shape index (κ3) is 5.13. The van der Waals surface area contributed by atoms with Crippen LogP contribution in [-0.2, 0) is 6.54 Å². The summed E-state index contributed by atoms with van der Waals surface area (Å²) >= 11 is 0. The highest BCUT2D eigenvalue weighted by molar-refractivity contribution is 5.33. The van der Waals surface area contributed by atoms with E-state index in [2.05, 4.69) is 5.32 Å². The molecule has 2 rings (SSSR count). The predicted octanol–water partition coefficient (Wildman–Crippen LogP) is 3.23. The van der Waals surface area contributed by atoms with Gasteiger partial charge in [-0.2, -0.15) is 0 Å². The summed E-state index contributed by atoms with van der Waals surface area (Å²) in [5, 5.41) is 12.2. The topological polar surface area (TPSA) is 41.5 Å². The Hall–Kier alpha value is -1.98. The van der Waals surface area contributed by atoms with E-state index < -0.39 is 17.7 Å². The number of halogens is 2. The molecule has 0 saturated heterocycles. The summed E-state index contributed by atoms with van der Waals surface area (Å²) in [5.41, 5.74) is 1.02. The van der Waals surface area contributed by atoms with Gasteiger partial charge in [0.1, 0.15) is 23.1 Å². The Morgan fingerprint density at radius 1 is 1.05 bits per heavy atom. The minimum atomic E-state index is -0.677. The molecule has 0 heterocycles. The van der Waals surface area contributed by atoms with Crippen molar-refractivity contribution in [2.45, 2.75) is 19.6 Å². The van der Waals surface area contributed by atoms with Crippen LogP contribution in [0.4, 0.5) is 8.78 Å². The smallest absolute Gasteiger partial charge is 0.133 e. The average Bonchev–Trinajstić information content (AvgIpc) is 2.39. The number of aliphatic hydroxyl groups excluding tert-OH is 1. The molecule has 0 aliphatic carbocycles. The predicted molar refractivity (Wildman–Crippen MR) is 76.3 cm³/mol. The standard InChI is InChI=1S/C16H17F2NO2/c1-11(20)9-19-10-12-2-4-15(5-3-12)21-16-7-13(17)6-14(18)8-16/h2-8,11,19-20H,9-10H2,1H3. The fraction of sp³-hybridized carbons (Fsp3) is 0.250. The van der Waals surface area contributed by atoms with Crippen molar-refractivity contribution >= 4 is 0 Å². The second-order valence-corrected chi connectivity index (χ2v) is 4.83. The summed E-state index contributed by atoms with van der Waals surface area (Å²) in [7, 11) is 0. The molecule has 2 aromatic carbocycles. The van der Waals surface area contributed by atoms with Crippen LogP contribution < -0.4 is 10.1 Å². The van der Waals surface area contributed by atoms with Gasteiger partial charge in [0, 0.05) is 31.3 Å². The summed E-state index contributed by atoms with van der Waals surface area (Å²) in [4.78, 5) is 0. The molecule has 0 aromatic heterocycles. The molecule has 0 spiro atoms. The van der Waals surface area contributed by atoms with Crippen LogP contribution in [0.1, 0.15) is 12.5 Å². The van der Waals surface area contributed by atoms with Crippen LogP contribution in [0.15, 0.2) is 42.5 Å². The first-order chi connectivity index (χ1) is 10.0. The summed E-state index contributed by atoms with van der Waals surface area (Å²) < 4.78 is 31.5. The fourth-order valence-electron chi connectivity index (χ4n) is 1.82. The van der Waals surface area contributed by atoms with E-state index >= 15 is 0 Å². The van der Waals surface area contributed by atoms with E-state index in [0.717, 1.165) is 23.8 Å². The lowest BCUT2D eigenvalue weighted by Gasteiger charge is -2.09. The van der Waals surface area contributed by atoms with Crippen LogP contribution in [0, 0.1) is 11.6 Å². The third-order valence-electron chi connectivity index (χ3n) is 2.76. The Morgan fingerprint density at radius 3 is 2.24 bits per heavy atom. The van der Waals surface area contributed by atoms with Crippen molar-refractivity contribution in [1.82, 2.24) is 5.32 Å². The molecule has 112 valence electrons. The first-order valence-electron chi connectivity index (χ1n) is 6.64. The van der Waals surface area contributed by atoms with Crippen molar-refractivity contribution in [2.75, 3.05) is 6.54 Å². The second kappa shape index (κ2) is 7.15. The van der Waals surface area contributed by atoms with E-state index in [1.54, 1.807) is 19.1 Å². The maximum atomic E-state index is 13.1. The van der Waals surface area contributed by atoms with Crippen LogP contribution >= 0.6 is 0 Å². The summed E-state index contributed by atoms with van der Waals surface area (Å²) in [6, 6.07) is 10.2. The van der Waals surface area contributed by atoms with Gasteiger partial charge in [0.2, 0.25) is 0 Å². The molecule has 3 nitrogen and oxygen atoms in total. The summed E-state index contributed by atoms with van der Waals surface area (Å²) in [6.45, 7) is 2.85. The lowest BCUT2D eigenvalue weighted by Crippen LogP contribution is -2.23. The fourth-order valence-corrected chi connectivity index (χ4v) is 1.82. The molecule has 0 radical (unpaired) electrons. The highest BCUT2D eigenvalue weighted by atomic mass is 19.1. The van der Waals surface area contributed by atoms with Crippen LogP contribution in [0.3, 0.4) is 0 Å². The quantitative estimate of drug-likeness (QED) is 0.859. The molecule has 0 aliphatic rings. The van der Waals surface area contributed by atoms with E-state index in [0.29, 0.717) is 18.8 Å². The number of rotatable bonds is 6. The molecular formula is C16H17F2NO2. The number of aliphatic hydroxyl groups is 1. The molecule has 0 saturated carbocycles. The third-order valence-corrected chi connectivity index (χ3v) is 2.76. The van der Waals surface area contributed by atoms with Crippen LogP contribution in [-0.4, -0.2) is 17.8 Å². The van der Waals surface area contributed by atoms with Crippen LogP contribution in [0.2, 0.25) is 0 Å². The molecule has 1 unspecified atom stereocenters. The molecule has 1 atom stereocenters. The van der Waals surface area contributed by atoms with Gasteiger partial charge in [-0.3, -0.25) is 0 Å². The molecule has 0 amide bonds. The first-order valence-corrected chi connectivity index (χ1v) is 6.64. The van der Waals surface area contributed by atoms with Crippen molar-refractivity contribution < 1.29 is 18.6 Å².